The summed E-state index contributed by atoms with van der Waals surface area (Å²) in [4.78, 5) is 28.0. The van der Waals surface area contributed by atoms with Gasteiger partial charge in [0.05, 0.1) is 54.4 Å². The van der Waals surface area contributed by atoms with Gasteiger partial charge in [-0.3, -0.25) is 4.79 Å². The zero-order chi connectivity index (χ0) is 47.6. The standard InChI is InChI=1S/C54H80O12Si/c1-30(29-58-67(9,10)53(6,7)8)22-43-34(5)40-26-36(55)25-38-17-19-42-47(60-38)51-50-49(63-42)48-46(64-50)28-54(65-48,66-51)21-20-39(61-52(57)35-14-12-11-13-15-35)24-32(3)41(56)18-16-37-23-31(2)33(4)44(59-37)27-45(40)62-43/h11-15,30-31,34,37-51,56H,3-4,16-29H2,1-2,5-10H3/t30-,31+,34+,37-,38-,39-,40+,41+,42-,43+,44+,45?,46+,47-,48-,49-,50+,51-,54-/m0/s1. The summed E-state index contributed by atoms with van der Waals surface area (Å²) >= 11 is 0. The van der Waals surface area contributed by atoms with Crippen molar-refractivity contribution < 1.29 is 57.0 Å². The first kappa shape index (κ1) is 49.7. The summed E-state index contributed by atoms with van der Waals surface area (Å²) in [5.74, 6) is -0.604. The number of hydrogen-bond donors (Lipinski definition) is 1. The molecule has 19 atom stereocenters. The molecular weight excluding hydrogens is 869 g/mol. The Balaban J connectivity index is 0.967. The second kappa shape index (κ2) is 19.7. The van der Waals surface area contributed by atoms with Crippen molar-refractivity contribution in [3.05, 3.63) is 60.2 Å². The van der Waals surface area contributed by atoms with Crippen molar-refractivity contribution in [1.82, 2.24) is 0 Å². The quantitative estimate of drug-likeness (QED) is 0.159. The third-order valence-corrected chi connectivity index (χ3v) is 22.0. The summed E-state index contributed by atoms with van der Waals surface area (Å²) in [5, 5.41) is 11.8. The van der Waals surface area contributed by atoms with Gasteiger partial charge in [-0.05, 0) is 110 Å². The maximum atomic E-state index is 14.4. The van der Waals surface area contributed by atoms with Gasteiger partial charge in [0.25, 0.3) is 0 Å². The minimum atomic E-state index is -1.92. The lowest BCUT2D eigenvalue weighted by Gasteiger charge is -2.47. The lowest BCUT2D eigenvalue weighted by Crippen LogP contribution is -2.61. The smallest absolute Gasteiger partial charge is 0.338 e. The van der Waals surface area contributed by atoms with Crippen LogP contribution in [0.1, 0.15) is 135 Å². The van der Waals surface area contributed by atoms with E-state index in [-0.39, 0.29) is 102 Å². The van der Waals surface area contributed by atoms with E-state index in [0.717, 1.165) is 24.8 Å². The molecule has 12 nitrogen and oxygen atoms in total. The van der Waals surface area contributed by atoms with Gasteiger partial charge >= 0.3 is 5.97 Å². The van der Waals surface area contributed by atoms with Gasteiger partial charge in [0.1, 0.15) is 42.4 Å². The minimum absolute atomic E-state index is 0.00159. The molecule has 9 fully saturated rings. The second-order valence-corrected chi connectivity index (χ2v) is 28.3. The first-order valence-electron chi connectivity index (χ1n) is 25.9. The molecule has 0 amide bonds. The Morgan fingerprint density at radius 3 is 2.31 bits per heavy atom. The number of ketones is 1. The van der Waals surface area contributed by atoms with Crippen LogP contribution in [0.25, 0.3) is 0 Å². The number of esters is 1. The van der Waals surface area contributed by atoms with Gasteiger partial charge in [-0.25, -0.2) is 4.79 Å². The number of hydrogen-bond acceptors (Lipinski definition) is 12. The molecular formula is C54H80O12Si. The van der Waals surface area contributed by atoms with E-state index < -0.39 is 44.5 Å². The summed E-state index contributed by atoms with van der Waals surface area (Å²) < 4.78 is 61.2. The molecule has 0 radical (unpaired) electrons. The molecule has 10 rings (SSSR count). The summed E-state index contributed by atoms with van der Waals surface area (Å²) in [6.07, 6.45) is 2.70. The van der Waals surface area contributed by atoms with Crippen LogP contribution in [-0.2, 0) is 47.1 Å². The third kappa shape index (κ3) is 10.5. The molecule has 1 spiro atoms. The second-order valence-electron chi connectivity index (χ2n) is 23.5. The molecule has 9 aliphatic rings. The van der Waals surface area contributed by atoms with Crippen molar-refractivity contribution in [3.63, 3.8) is 0 Å². The van der Waals surface area contributed by atoms with Crippen LogP contribution in [-0.4, -0.2) is 123 Å². The van der Waals surface area contributed by atoms with Gasteiger partial charge in [0.15, 0.2) is 14.1 Å². The predicted octanol–water partition coefficient (Wildman–Crippen LogP) is 9.22. The maximum Gasteiger partial charge on any atom is 0.338 e. The Kier molecular flexibility index (Phi) is 14.6. The van der Waals surface area contributed by atoms with E-state index in [9.17, 15) is 14.7 Å². The zero-order valence-corrected chi connectivity index (χ0v) is 42.5. The molecule has 1 N–H and O–H groups in total. The molecule has 9 heterocycles. The highest BCUT2D eigenvalue weighted by molar-refractivity contribution is 6.74. The Morgan fingerprint density at radius 1 is 0.836 bits per heavy atom. The van der Waals surface area contributed by atoms with Crippen molar-refractivity contribution in [2.45, 2.75) is 234 Å². The van der Waals surface area contributed by atoms with Gasteiger partial charge in [-0.2, -0.15) is 0 Å². The number of rotatable bonds is 7. The van der Waals surface area contributed by atoms with Crippen LogP contribution in [0.5, 0.6) is 0 Å². The molecule has 1 aromatic carbocycles. The number of fused-ring (bicyclic) bond motifs is 4. The largest absolute Gasteiger partial charge is 0.458 e. The van der Waals surface area contributed by atoms with E-state index in [1.165, 1.54) is 0 Å². The number of carbonyl (C=O) groups excluding carboxylic acids is 2. The number of Topliss-reactive ketones (excluding diaryl/α,β-unsaturated/α-hetero) is 1. The lowest BCUT2D eigenvalue weighted by molar-refractivity contribution is -0.292. The highest BCUT2D eigenvalue weighted by atomic mass is 28.4. The van der Waals surface area contributed by atoms with E-state index in [1.807, 2.05) is 18.2 Å². The molecule has 1 unspecified atom stereocenters. The average Bonchev–Trinajstić information content (AvgIpc) is 3.82. The van der Waals surface area contributed by atoms with E-state index in [4.69, 9.17) is 42.3 Å². The van der Waals surface area contributed by atoms with Gasteiger partial charge in [-0.15, -0.1) is 0 Å². The zero-order valence-electron chi connectivity index (χ0n) is 41.5. The monoisotopic (exact) mass is 949 g/mol. The molecule has 372 valence electrons. The molecule has 1 aromatic rings. The van der Waals surface area contributed by atoms with E-state index in [0.29, 0.717) is 75.5 Å². The van der Waals surface area contributed by atoms with Crippen molar-refractivity contribution in [1.29, 1.82) is 0 Å². The van der Waals surface area contributed by atoms with Crippen molar-refractivity contribution in [2.75, 3.05) is 6.61 Å². The summed E-state index contributed by atoms with van der Waals surface area (Å²) in [5.41, 5.74) is 2.12. The molecule has 0 saturated carbocycles. The van der Waals surface area contributed by atoms with Crippen LogP contribution in [0.4, 0.5) is 0 Å². The molecule has 0 aromatic heterocycles. The number of carbonyl (C=O) groups is 2. The Morgan fingerprint density at radius 2 is 1.55 bits per heavy atom. The summed E-state index contributed by atoms with van der Waals surface area (Å²) in [6.45, 7) is 27.8. The first-order valence-corrected chi connectivity index (χ1v) is 28.8. The maximum absolute atomic E-state index is 14.4. The van der Waals surface area contributed by atoms with Gasteiger partial charge in [0, 0.05) is 45.1 Å². The number of benzene rings is 1. The third-order valence-electron chi connectivity index (χ3n) is 17.5. The Labute approximate surface area is 400 Å². The molecule has 9 aliphatic heterocycles. The SMILES string of the molecule is C=C1C[C@@H](OC(=O)c2ccccc2)CC[C@@]23C[C@H]4O[C@H]5[C@@H](O2)[C@H]2O[C@@H](CC[C@@H]2O[C@H]5[C@H]4O3)CC(=O)C[C@H]2C(C[C@H]3O[C@@H](CC[C@H]1O)C[C@@H](C)C3=C)O[C@H](C[C@H](C)CO[Si](C)(C)C(C)(C)C)[C@@H]2C. The number of aliphatic hydroxyl groups is 1. The predicted molar refractivity (Wildman–Crippen MR) is 255 cm³/mol. The van der Waals surface area contributed by atoms with Crippen LogP contribution >= 0.6 is 0 Å². The summed E-state index contributed by atoms with van der Waals surface area (Å²) in [6, 6.07) is 8.98. The highest BCUT2D eigenvalue weighted by Gasteiger charge is 2.68. The molecule has 0 aliphatic carbocycles. The fourth-order valence-corrected chi connectivity index (χ4v) is 13.5. The topological polar surface area (TPSA) is 137 Å². The Bertz CT molecular complexity index is 1950. The van der Waals surface area contributed by atoms with Gasteiger partial charge in [0.2, 0.25) is 0 Å². The average molecular weight is 949 g/mol. The van der Waals surface area contributed by atoms with Crippen LogP contribution in [0, 0.1) is 23.7 Å². The number of aliphatic hydroxyl groups excluding tert-OH is 1. The molecule has 67 heavy (non-hydrogen) atoms. The van der Waals surface area contributed by atoms with Crippen LogP contribution < -0.4 is 0 Å². The molecule has 9 saturated heterocycles. The fourth-order valence-electron chi connectivity index (χ4n) is 12.3. The van der Waals surface area contributed by atoms with Gasteiger partial charge in [-0.1, -0.05) is 72.9 Å². The highest BCUT2D eigenvalue weighted by Crippen LogP contribution is 2.54. The van der Waals surface area contributed by atoms with E-state index >= 15 is 0 Å². The van der Waals surface area contributed by atoms with Crippen molar-refractivity contribution >= 4 is 20.1 Å². The van der Waals surface area contributed by atoms with Gasteiger partial charge < -0.3 is 47.4 Å². The molecule has 10 bridgehead atoms. The van der Waals surface area contributed by atoms with E-state index in [1.54, 1.807) is 12.1 Å². The van der Waals surface area contributed by atoms with Crippen LogP contribution in [0.15, 0.2) is 54.6 Å². The van der Waals surface area contributed by atoms with Crippen LogP contribution in [0.2, 0.25) is 18.1 Å². The Hall–Kier alpha value is -2.30. The summed E-state index contributed by atoms with van der Waals surface area (Å²) in [7, 11) is -1.92. The van der Waals surface area contributed by atoms with Crippen molar-refractivity contribution in [3.8, 4) is 0 Å². The lowest BCUT2D eigenvalue weighted by atomic mass is 9.78. The van der Waals surface area contributed by atoms with Crippen LogP contribution in [0.3, 0.4) is 0 Å². The minimum Gasteiger partial charge on any atom is -0.458 e. The number of ether oxygens (including phenoxy) is 8. The fraction of sp³-hybridized carbons (Fsp3) is 0.778. The normalized spacial score (nSPS) is 43.2. The first-order chi connectivity index (χ1) is 31.8. The molecule has 13 heteroatoms. The van der Waals surface area contributed by atoms with Crippen molar-refractivity contribution in [2.24, 2.45) is 23.7 Å². The van der Waals surface area contributed by atoms with E-state index in [2.05, 4.69) is 67.8 Å².